The first kappa shape index (κ1) is 10.5. The molecule has 2 aromatic rings. The summed E-state index contributed by atoms with van der Waals surface area (Å²) in [5, 5.41) is 13.6. The highest BCUT2D eigenvalue weighted by Crippen LogP contribution is 2.35. The summed E-state index contributed by atoms with van der Waals surface area (Å²) in [5.41, 5.74) is -0.148. The van der Waals surface area contributed by atoms with Crippen LogP contribution in [-0.2, 0) is 0 Å². The first-order valence-electron chi connectivity index (χ1n) is 5.11. The van der Waals surface area contributed by atoms with Gasteiger partial charge >= 0.3 is 5.97 Å². The van der Waals surface area contributed by atoms with Crippen LogP contribution in [0.5, 0.6) is 11.5 Å². The fourth-order valence-electron chi connectivity index (χ4n) is 1.85. The molecule has 1 aliphatic rings. The number of nitrogens with one attached hydrogen (secondary N) is 2. The smallest absolute Gasteiger partial charge is 0.354 e. The van der Waals surface area contributed by atoms with Gasteiger partial charge in [0.15, 0.2) is 17.2 Å². The van der Waals surface area contributed by atoms with E-state index in [4.69, 9.17) is 14.6 Å². The fraction of sp³-hybridized carbons (Fsp3) is 0.0909. The minimum Gasteiger partial charge on any atom is -0.477 e. The number of aromatic nitrogens is 2. The van der Waals surface area contributed by atoms with Gasteiger partial charge in [0.2, 0.25) is 6.79 Å². The first-order chi connectivity index (χ1) is 8.66. The molecule has 7 heteroatoms. The number of fused-ring (bicyclic) bond motifs is 1. The molecule has 0 aliphatic carbocycles. The van der Waals surface area contributed by atoms with Crippen molar-refractivity contribution in [3.05, 3.63) is 34.2 Å². The Bertz CT molecular complexity index is 685. The van der Waals surface area contributed by atoms with Gasteiger partial charge in [-0.25, -0.2) is 4.79 Å². The second-order valence-corrected chi connectivity index (χ2v) is 3.70. The summed E-state index contributed by atoms with van der Waals surface area (Å²) >= 11 is 0. The number of ether oxygens (including phenoxy) is 2. The lowest BCUT2D eigenvalue weighted by Gasteiger charge is -2.01. The Hall–Kier alpha value is -2.70. The van der Waals surface area contributed by atoms with E-state index in [9.17, 15) is 9.59 Å². The lowest BCUT2D eigenvalue weighted by atomic mass is 10.1. The molecule has 0 spiro atoms. The Labute approximate surface area is 100.0 Å². The van der Waals surface area contributed by atoms with Gasteiger partial charge in [0, 0.05) is 0 Å². The van der Waals surface area contributed by atoms with Crippen LogP contribution in [0.15, 0.2) is 23.0 Å². The number of carboxylic acids is 1. The minimum atomic E-state index is -1.21. The zero-order valence-electron chi connectivity index (χ0n) is 9.02. The van der Waals surface area contributed by atoms with E-state index in [1.54, 1.807) is 18.2 Å². The second kappa shape index (κ2) is 3.66. The molecule has 1 aromatic heterocycles. The third kappa shape index (κ3) is 1.45. The SMILES string of the molecule is O=C(O)c1[nH][nH]c(=O)c1-c1ccc2c(c1)OCO2. The normalized spacial score (nSPS) is 12.7. The Kier molecular flexibility index (Phi) is 2.12. The van der Waals surface area contributed by atoms with Gasteiger partial charge in [-0.15, -0.1) is 0 Å². The Morgan fingerprint density at radius 1 is 1.22 bits per heavy atom. The van der Waals surface area contributed by atoms with Gasteiger partial charge in [0.1, 0.15) is 0 Å². The molecule has 7 nitrogen and oxygen atoms in total. The zero-order valence-corrected chi connectivity index (χ0v) is 9.02. The molecule has 0 saturated heterocycles. The zero-order chi connectivity index (χ0) is 12.7. The standard InChI is InChI=1S/C11H8N2O5/c14-10-8(9(11(15)16)12-13-10)5-1-2-6-7(3-5)18-4-17-6/h1-3H,4H2,(H,15,16)(H2,12,13,14). The number of aromatic carboxylic acids is 1. The quantitative estimate of drug-likeness (QED) is 0.729. The van der Waals surface area contributed by atoms with Crippen LogP contribution in [0, 0.1) is 0 Å². The number of H-pyrrole nitrogens is 2. The molecule has 3 N–H and O–H groups in total. The molecule has 0 bridgehead atoms. The van der Waals surface area contributed by atoms with E-state index in [0.717, 1.165) is 0 Å². The third-order valence-electron chi connectivity index (χ3n) is 2.65. The molecule has 0 saturated carbocycles. The number of carbonyl (C=O) groups is 1. The van der Waals surface area contributed by atoms with Gasteiger partial charge in [-0.05, 0) is 17.7 Å². The molecule has 2 heterocycles. The molecule has 0 radical (unpaired) electrons. The van der Waals surface area contributed by atoms with Crippen LogP contribution in [0.25, 0.3) is 11.1 Å². The Balaban J connectivity index is 2.18. The average molecular weight is 248 g/mol. The number of hydrogen-bond donors (Lipinski definition) is 3. The topological polar surface area (TPSA) is 104 Å². The van der Waals surface area contributed by atoms with Crippen LogP contribution >= 0.6 is 0 Å². The monoisotopic (exact) mass is 248 g/mol. The Morgan fingerprint density at radius 2 is 2.00 bits per heavy atom. The average Bonchev–Trinajstić information content (AvgIpc) is 2.93. The van der Waals surface area contributed by atoms with Crippen molar-refractivity contribution in [1.82, 2.24) is 10.2 Å². The molecular weight excluding hydrogens is 240 g/mol. The summed E-state index contributed by atoms with van der Waals surface area (Å²) < 4.78 is 10.3. The fourth-order valence-corrected chi connectivity index (χ4v) is 1.85. The van der Waals surface area contributed by atoms with Crippen molar-refractivity contribution in [2.45, 2.75) is 0 Å². The lowest BCUT2D eigenvalue weighted by Crippen LogP contribution is -2.05. The van der Waals surface area contributed by atoms with Gasteiger partial charge in [-0.3, -0.25) is 15.0 Å². The largest absolute Gasteiger partial charge is 0.477 e. The highest BCUT2D eigenvalue weighted by atomic mass is 16.7. The molecule has 0 amide bonds. The maximum atomic E-state index is 11.6. The summed E-state index contributed by atoms with van der Waals surface area (Å²) in [6.07, 6.45) is 0. The predicted octanol–water partition coefficient (Wildman–Crippen LogP) is 0.797. The second-order valence-electron chi connectivity index (χ2n) is 3.70. The summed E-state index contributed by atoms with van der Waals surface area (Å²) in [5.74, 6) is -0.145. The number of carboxylic acid groups (broad SMARTS) is 1. The van der Waals surface area contributed by atoms with Gasteiger partial charge in [0.25, 0.3) is 5.56 Å². The maximum Gasteiger partial charge on any atom is 0.354 e. The number of aromatic amines is 2. The first-order valence-corrected chi connectivity index (χ1v) is 5.11. The van der Waals surface area contributed by atoms with E-state index in [0.29, 0.717) is 17.1 Å². The highest BCUT2D eigenvalue weighted by molar-refractivity contribution is 5.93. The molecule has 0 fully saturated rings. The van der Waals surface area contributed by atoms with E-state index in [1.807, 2.05) is 0 Å². The van der Waals surface area contributed by atoms with Crippen molar-refractivity contribution in [3.8, 4) is 22.6 Å². The molecule has 18 heavy (non-hydrogen) atoms. The molecular formula is C11H8N2O5. The van der Waals surface area contributed by atoms with Crippen molar-refractivity contribution in [1.29, 1.82) is 0 Å². The van der Waals surface area contributed by atoms with Crippen molar-refractivity contribution < 1.29 is 19.4 Å². The lowest BCUT2D eigenvalue weighted by molar-refractivity contribution is 0.0691. The van der Waals surface area contributed by atoms with Gasteiger partial charge in [0.05, 0.1) is 5.56 Å². The predicted molar refractivity (Wildman–Crippen MR) is 59.9 cm³/mol. The third-order valence-corrected chi connectivity index (χ3v) is 2.65. The number of benzene rings is 1. The summed E-state index contributed by atoms with van der Waals surface area (Å²) in [6, 6.07) is 4.82. The van der Waals surface area contributed by atoms with E-state index < -0.39 is 11.5 Å². The number of rotatable bonds is 2. The molecule has 92 valence electrons. The van der Waals surface area contributed by atoms with Crippen molar-refractivity contribution in [2.75, 3.05) is 6.79 Å². The molecule has 3 rings (SSSR count). The van der Waals surface area contributed by atoms with Crippen LogP contribution in [0.2, 0.25) is 0 Å². The highest BCUT2D eigenvalue weighted by Gasteiger charge is 2.21. The summed E-state index contributed by atoms with van der Waals surface area (Å²) in [6.45, 7) is 0.119. The Morgan fingerprint density at radius 3 is 2.78 bits per heavy atom. The van der Waals surface area contributed by atoms with Crippen LogP contribution in [-0.4, -0.2) is 28.1 Å². The summed E-state index contributed by atoms with van der Waals surface area (Å²) in [4.78, 5) is 22.6. The van der Waals surface area contributed by atoms with Crippen LogP contribution in [0.4, 0.5) is 0 Å². The van der Waals surface area contributed by atoms with Crippen molar-refractivity contribution in [2.24, 2.45) is 0 Å². The minimum absolute atomic E-state index is 0.0702. The molecule has 1 aliphatic heterocycles. The van der Waals surface area contributed by atoms with E-state index in [2.05, 4.69) is 10.2 Å². The van der Waals surface area contributed by atoms with Gasteiger partial charge < -0.3 is 14.6 Å². The van der Waals surface area contributed by atoms with Crippen LogP contribution in [0.3, 0.4) is 0 Å². The molecule has 0 unspecified atom stereocenters. The van der Waals surface area contributed by atoms with E-state index in [-0.39, 0.29) is 18.1 Å². The van der Waals surface area contributed by atoms with E-state index in [1.165, 1.54) is 0 Å². The van der Waals surface area contributed by atoms with Crippen LogP contribution < -0.4 is 15.0 Å². The van der Waals surface area contributed by atoms with Gasteiger partial charge in [-0.1, -0.05) is 6.07 Å². The maximum absolute atomic E-state index is 11.6. The molecule has 1 aromatic carbocycles. The van der Waals surface area contributed by atoms with Gasteiger partial charge in [-0.2, -0.15) is 0 Å². The van der Waals surface area contributed by atoms with Crippen molar-refractivity contribution in [3.63, 3.8) is 0 Å². The van der Waals surface area contributed by atoms with Crippen LogP contribution in [0.1, 0.15) is 10.5 Å². The number of hydrogen-bond acceptors (Lipinski definition) is 4. The van der Waals surface area contributed by atoms with Crippen molar-refractivity contribution >= 4 is 5.97 Å². The molecule has 0 atom stereocenters. The van der Waals surface area contributed by atoms with E-state index >= 15 is 0 Å². The summed E-state index contributed by atoms with van der Waals surface area (Å²) in [7, 11) is 0.